The van der Waals surface area contributed by atoms with Crippen LogP contribution >= 0.6 is 23.1 Å². The zero-order valence-corrected chi connectivity index (χ0v) is 22.8. The maximum Gasteiger partial charge on any atom is 0.397 e. The molecule has 7 nitrogen and oxygen atoms in total. The Labute approximate surface area is 222 Å². The summed E-state index contributed by atoms with van der Waals surface area (Å²) in [6, 6.07) is 8.51. The van der Waals surface area contributed by atoms with Crippen molar-refractivity contribution in [1.82, 2.24) is 9.62 Å². The van der Waals surface area contributed by atoms with Gasteiger partial charge in [0.15, 0.2) is 11.5 Å². The van der Waals surface area contributed by atoms with Gasteiger partial charge in [-0.1, -0.05) is 17.8 Å². The lowest BCUT2D eigenvalue weighted by molar-refractivity contribution is -0.190. The number of benzene rings is 1. The summed E-state index contributed by atoms with van der Waals surface area (Å²) in [5.41, 5.74) is 0.0411. The second-order valence-electron chi connectivity index (χ2n) is 8.62. The summed E-state index contributed by atoms with van der Waals surface area (Å²) in [6.45, 7) is 1.25. The van der Waals surface area contributed by atoms with Crippen LogP contribution in [-0.4, -0.2) is 66.1 Å². The van der Waals surface area contributed by atoms with Crippen LogP contribution in [0.15, 0.2) is 67.6 Å². The monoisotopic (exact) mass is 576 g/mol. The lowest BCUT2D eigenvalue weighted by Crippen LogP contribution is -2.39. The van der Waals surface area contributed by atoms with Crippen LogP contribution in [0.25, 0.3) is 0 Å². The molecule has 0 radical (unpaired) electrons. The van der Waals surface area contributed by atoms with Crippen LogP contribution in [0.3, 0.4) is 0 Å². The van der Waals surface area contributed by atoms with E-state index in [2.05, 4.69) is 4.72 Å². The molecule has 202 valence electrons. The van der Waals surface area contributed by atoms with Gasteiger partial charge in [-0.15, -0.1) is 11.3 Å². The molecule has 1 N–H and O–H groups in total. The van der Waals surface area contributed by atoms with Gasteiger partial charge in [0, 0.05) is 23.7 Å². The third-order valence-electron chi connectivity index (χ3n) is 5.90. The fraction of sp³-hybridized carbons (Fsp3) is 0.417. The molecule has 2 aliphatic rings. The molecule has 0 bridgehead atoms. The number of nitrogens with zero attached hydrogens (tertiary/aromatic N) is 1. The van der Waals surface area contributed by atoms with Crippen LogP contribution in [0.5, 0.6) is 11.5 Å². The summed E-state index contributed by atoms with van der Waals surface area (Å²) in [7, 11) is 0.919. The number of methoxy groups -OCH3 is 2. The van der Waals surface area contributed by atoms with Gasteiger partial charge in [-0.2, -0.15) is 13.2 Å². The Balaban J connectivity index is 1.48. The van der Waals surface area contributed by atoms with E-state index in [1.165, 1.54) is 38.1 Å². The lowest BCUT2D eigenvalue weighted by Gasteiger charge is -2.30. The van der Waals surface area contributed by atoms with Crippen molar-refractivity contribution in [3.05, 3.63) is 54.3 Å². The first-order valence-electron chi connectivity index (χ1n) is 11.3. The number of hydrogen-bond donors (Lipinski definition) is 1. The number of rotatable bonds is 9. The van der Waals surface area contributed by atoms with E-state index in [1.54, 1.807) is 18.2 Å². The van der Waals surface area contributed by atoms with Crippen LogP contribution in [0.2, 0.25) is 0 Å². The molecule has 1 aromatic heterocycles. The average Bonchev–Trinajstić information content (AvgIpc) is 3.47. The number of sulfonamides is 1. The molecule has 4 rings (SSSR count). The third kappa shape index (κ3) is 6.82. The normalized spacial score (nSPS) is 22.6. The number of nitrogens with one attached hydrogen (secondary N) is 1. The SMILES string of the molecule is COc1ccc(Sc2ccc(S(=O)(=O)NC3=CC(O[C@@H]4CCN(C)C4)C(C(F)(F)F)C=C3)s2)cc1OC. The first kappa shape index (κ1) is 27.8. The highest BCUT2D eigenvalue weighted by atomic mass is 32.3. The van der Waals surface area contributed by atoms with Crippen molar-refractivity contribution >= 4 is 33.1 Å². The molecular formula is C24H27F3N2O5S3. The van der Waals surface area contributed by atoms with Crippen molar-refractivity contribution in [3.63, 3.8) is 0 Å². The molecule has 37 heavy (non-hydrogen) atoms. The largest absolute Gasteiger partial charge is 0.493 e. The van der Waals surface area contributed by atoms with Gasteiger partial charge in [0.25, 0.3) is 10.0 Å². The van der Waals surface area contributed by atoms with Gasteiger partial charge < -0.3 is 19.1 Å². The van der Waals surface area contributed by atoms with Gasteiger partial charge >= 0.3 is 6.18 Å². The lowest BCUT2D eigenvalue weighted by atomic mass is 9.95. The first-order valence-corrected chi connectivity index (χ1v) is 14.4. The van der Waals surface area contributed by atoms with Crippen molar-refractivity contribution in [2.24, 2.45) is 5.92 Å². The summed E-state index contributed by atoms with van der Waals surface area (Å²) >= 11 is 2.40. The molecule has 2 aromatic rings. The zero-order chi connectivity index (χ0) is 26.8. The molecule has 3 atom stereocenters. The minimum atomic E-state index is -4.52. The summed E-state index contributed by atoms with van der Waals surface area (Å²) in [6.07, 6.45) is -2.27. The van der Waals surface area contributed by atoms with E-state index >= 15 is 0 Å². The number of halogens is 3. The summed E-state index contributed by atoms with van der Waals surface area (Å²) in [5.74, 6) is -0.722. The van der Waals surface area contributed by atoms with Crippen molar-refractivity contribution in [2.75, 3.05) is 34.4 Å². The topological polar surface area (TPSA) is 77.1 Å². The van der Waals surface area contributed by atoms with Crippen molar-refractivity contribution < 1.29 is 35.8 Å². The second kappa shape index (κ2) is 11.3. The van der Waals surface area contributed by atoms with Crippen LogP contribution in [-0.2, 0) is 14.8 Å². The van der Waals surface area contributed by atoms with Gasteiger partial charge in [0.05, 0.1) is 30.6 Å². The molecule has 0 amide bonds. The number of alkyl halides is 3. The molecule has 1 aromatic carbocycles. The Kier molecular flexibility index (Phi) is 8.48. The maximum absolute atomic E-state index is 13.6. The highest BCUT2D eigenvalue weighted by molar-refractivity contribution is 8.01. The molecule has 0 saturated carbocycles. The molecule has 1 aliphatic heterocycles. The molecule has 1 fully saturated rings. The average molecular weight is 577 g/mol. The van der Waals surface area contributed by atoms with E-state index in [9.17, 15) is 21.6 Å². The van der Waals surface area contributed by atoms with E-state index in [0.29, 0.717) is 28.7 Å². The molecule has 1 aliphatic carbocycles. The molecule has 0 spiro atoms. The summed E-state index contributed by atoms with van der Waals surface area (Å²) < 4.78 is 86.4. The number of thiophene rings is 1. The fourth-order valence-corrected chi connectivity index (χ4v) is 7.72. The predicted molar refractivity (Wildman–Crippen MR) is 136 cm³/mol. The van der Waals surface area contributed by atoms with Gasteiger partial charge in [-0.05, 0) is 56.0 Å². The quantitative estimate of drug-likeness (QED) is 0.454. The van der Waals surface area contributed by atoms with E-state index < -0.39 is 28.2 Å². The third-order valence-corrected chi connectivity index (χ3v) is 9.98. The Morgan fingerprint density at radius 1 is 1.14 bits per heavy atom. The van der Waals surface area contributed by atoms with Crippen LogP contribution in [0.1, 0.15) is 6.42 Å². The zero-order valence-electron chi connectivity index (χ0n) is 20.3. The second-order valence-corrected chi connectivity index (χ2v) is 13.0. The first-order chi connectivity index (χ1) is 17.5. The maximum atomic E-state index is 13.6. The molecular weight excluding hydrogens is 549 g/mol. The van der Waals surface area contributed by atoms with Gasteiger partial charge in [0.2, 0.25) is 0 Å². The Morgan fingerprint density at radius 3 is 2.54 bits per heavy atom. The summed E-state index contributed by atoms with van der Waals surface area (Å²) in [5, 5.41) is 0. The Morgan fingerprint density at radius 2 is 1.89 bits per heavy atom. The fourth-order valence-electron chi connectivity index (χ4n) is 4.07. The van der Waals surface area contributed by atoms with Crippen LogP contribution in [0, 0.1) is 5.92 Å². The molecule has 2 heterocycles. The van der Waals surface area contributed by atoms with E-state index in [1.807, 2.05) is 18.0 Å². The number of likely N-dealkylation sites (tertiary alicyclic amines) is 1. The Hall–Kier alpha value is -2.19. The van der Waals surface area contributed by atoms with Crippen molar-refractivity contribution in [2.45, 2.75) is 38.1 Å². The van der Waals surface area contributed by atoms with Gasteiger partial charge in [-0.25, -0.2) is 8.42 Å². The van der Waals surface area contributed by atoms with E-state index in [-0.39, 0.29) is 16.0 Å². The highest BCUT2D eigenvalue weighted by Gasteiger charge is 2.45. The van der Waals surface area contributed by atoms with E-state index in [4.69, 9.17) is 14.2 Å². The number of allylic oxidation sites excluding steroid dienone is 1. The molecule has 13 heteroatoms. The smallest absolute Gasteiger partial charge is 0.397 e. The number of hydrogen-bond acceptors (Lipinski definition) is 8. The van der Waals surface area contributed by atoms with Crippen molar-refractivity contribution in [3.8, 4) is 11.5 Å². The predicted octanol–water partition coefficient (Wildman–Crippen LogP) is 4.92. The minimum absolute atomic E-state index is 0.0395. The summed E-state index contributed by atoms with van der Waals surface area (Å²) in [4.78, 5) is 2.80. The van der Waals surface area contributed by atoms with Crippen LogP contribution in [0.4, 0.5) is 13.2 Å². The number of ether oxygens (including phenoxy) is 3. The van der Waals surface area contributed by atoms with Gasteiger partial charge in [-0.3, -0.25) is 4.72 Å². The van der Waals surface area contributed by atoms with Crippen LogP contribution < -0.4 is 14.2 Å². The number of likely N-dealkylation sites (N-methyl/N-ethyl adjacent to an activating group) is 1. The molecule has 2 unspecified atom stereocenters. The van der Waals surface area contributed by atoms with Gasteiger partial charge in [0.1, 0.15) is 10.1 Å². The minimum Gasteiger partial charge on any atom is -0.493 e. The highest BCUT2D eigenvalue weighted by Crippen LogP contribution is 2.39. The van der Waals surface area contributed by atoms with E-state index in [0.717, 1.165) is 34.9 Å². The van der Waals surface area contributed by atoms with Crippen molar-refractivity contribution in [1.29, 1.82) is 0 Å². The Bertz CT molecular complexity index is 1280. The standard InChI is InChI=1S/C24H27F3N2O5S3/c1-29-11-10-16(14-29)34-20-12-15(4-6-18(20)24(25,26)27)28-37(30,31)23-9-8-22(36-23)35-17-5-7-19(32-2)21(13-17)33-3/h4-9,12-13,16,18,20,28H,10-11,14H2,1-3H3/t16-,18?,20?/m1/s1. The molecule has 1 saturated heterocycles.